The van der Waals surface area contributed by atoms with E-state index in [0.29, 0.717) is 26.1 Å². The Hall–Kier alpha value is -2.34. The predicted molar refractivity (Wildman–Crippen MR) is 88.9 cm³/mol. The maximum absolute atomic E-state index is 11.9. The van der Waals surface area contributed by atoms with E-state index >= 15 is 0 Å². The standard InChI is InChI=1S/C17H24N4O2/c1-14(22)8-9-20(2)17(23)18-10-16-11-19-21(13-16)12-15-6-4-3-5-7-15/h3-7,11,13-14,22H,8-10,12H2,1-2H3,(H,18,23). The Labute approximate surface area is 136 Å². The molecule has 1 aromatic carbocycles. The SMILES string of the molecule is CC(O)CCN(C)C(=O)NCc1cnn(Cc2ccccc2)c1. The Bertz CT molecular complexity index is 610. The van der Waals surface area contributed by atoms with Gasteiger partial charge in [-0.1, -0.05) is 30.3 Å². The van der Waals surface area contributed by atoms with Crippen molar-refractivity contribution in [3.63, 3.8) is 0 Å². The van der Waals surface area contributed by atoms with Crippen molar-refractivity contribution in [2.45, 2.75) is 32.5 Å². The molecule has 1 unspecified atom stereocenters. The number of nitrogens with zero attached hydrogens (tertiary/aromatic N) is 3. The lowest BCUT2D eigenvalue weighted by atomic mass is 10.2. The van der Waals surface area contributed by atoms with Gasteiger partial charge in [0.15, 0.2) is 0 Å². The molecule has 0 bridgehead atoms. The second-order valence-electron chi connectivity index (χ2n) is 5.75. The Morgan fingerprint density at radius 2 is 2.09 bits per heavy atom. The highest BCUT2D eigenvalue weighted by atomic mass is 16.3. The van der Waals surface area contributed by atoms with E-state index in [4.69, 9.17) is 0 Å². The molecule has 2 rings (SSSR count). The highest BCUT2D eigenvalue weighted by molar-refractivity contribution is 5.73. The lowest BCUT2D eigenvalue weighted by Gasteiger charge is -2.18. The fourth-order valence-corrected chi connectivity index (χ4v) is 2.15. The van der Waals surface area contributed by atoms with Crippen molar-refractivity contribution >= 4 is 6.03 Å². The number of hydrogen-bond acceptors (Lipinski definition) is 3. The van der Waals surface area contributed by atoms with Gasteiger partial charge in [-0.15, -0.1) is 0 Å². The molecule has 2 amide bonds. The largest absolute Gasteiger partial charge is 0.393 e. The van der Waals surface area contributed by atoms with Crippen LogP contribution in [0, 0.1) is 0 Å². The summed E-state index contributed by atoms with van der Waals surface area (Å²) in [5.74, 6) is 0. The Kier molecular flexibility index (Phi) is 6.17. The fraction of sp³-hybridized carbons (Fsp3) is 0.412. The van der Waals surface area contributed by atoms with Crippen LogP contribution >= 0.6 is 0 Å². The van der Waals surface area contributed by atoms with Crippen LogP contribution in [0.2, 0.25) is 0 Å². The van der Waals surface area contributed by atoms with Crippen LogP contribution in [0.5, 0.6) is 0 Å². The van der Waals surface area contributed by atoms with Crippen molar-refractivity contribution in [2.75, 3.05) is 13.6 Å². The zero-order chi connectivity index (χ0) is 16.7. The molecule has 0 aliphatic heterocycles. The van der Waals surface area contributed by atoms with E-state index in [1.807, 2.05) is 29.1 Å². The normalized spacial score (nSPS) is 12.0. The van der Waals surface area contributed by atoms with Gasteiger partial charge in [-0.25, -0.2) is 4.79 Å². The van der Waals surface area contributed by atoms with Gasteiger partial charge < -0.3 is 15.3 Å². The number of amides is 2. The summed E-state index contributed by atoms with van der Waals surface area (Å²) in [6, 6.07) is 9.95. The lowest BCUT2D eigenvalue weighted by Crippen LogP contribution is -2.38. The summed E-state index contributed by atoms with van der Waals surface area (Å²) < 4.78 is 1.86. The summed E-state index contributed by atoms with van der Waals surface area (Å²) in [5, 5.41) is 16.4. The van der Waals surface area contributed by atoms with Crippen molar-refractivity contribution in [3.05, 3.63) is 53.9 Å². The second kappa shape index (κ2) is 8.33. The van der Waals surface area contributed by atoms with Gasteiger partial charge in [0.05, 0.1) is 18.8 Å². The van der Waals surface area contributed by atoms with Gasteiger partial charge >= 0.3 is 6.03 Å². The number of carbonyl (C=O) groups excluding carboxylic acids is 1. The maximum Gasteiger partial charge on any atom is 0.317 e. The first kappa shape index (κ1) is 17.0. The van der Waals surface area contributed by atoms with E-state index in [1.165, 1.54) is 5.56 Å². The van der Waals surface area contributed by atoms with Crippen LogP contribution in [0.3, 0.4) is 0 Å². The number of hydrogen-bond donors (Lipinski definition) is 2. The number of nitrogens with one attached hydrogen (secondary N) is 1. The molecule has 2 N–H and O–H groups in total. The molecule has 0 saturated heterocycles. The van der Waals surface area contributed by atoms with Gasteiger partial charge in [0.25, 0.3) is 0 Å². The third-order valence-electron chi connectivity index (χ3n) is 3.55. The zero-order valence-electron chi connectivity index (χ0n) is 13.6. The summed E-state index contributed by atoms with van der Waals surface area (Å²) >= 11 is 0. The van der Waals surface area contributed by atoms with Crippen LogP contribution in [0.4, 0.5) is 4.79 Å². The molecule has 2 aromatic rings. The minimum absolute atomic E-state index is 0.151. The minimum Gasteiger partial charge on any atom is -0.393 e. The molecule has 0 spiro atoms. The molecule has 0 radical (unpaired) electrons. The average molecular weight is 316 g/mol. The first-order valence-corrected chi connectivity index (χ1v) is 7.77. The number of aromatic nitrogens is 2. The molecule has 1 heterocycles. The fourth-order valence-electron chi connectivity index (χ4n) is 2.15. The van der Waals surface area contributed by atoms with Crippen molar-refractivity contribution in [2.24, 2.45) is 0 Å². The van der Waals surface area contributed by atoms with Gasteiger partial charge in [-0.05, 0) is 18.9 Å². The van der Waals surface area contributed by atoms with Gasteiger partial charge in [0, 0.05) is 31.9 Å². The molecular formula is C17H24N4O2. The molecule has 0 aliphatic rings. The van der Waals surface area contributed by atoms with Crippen molar-refractivity contribution in [1.82, 2.24) is 20.0 Å². The first-order chi connectivity index (χ1) is 11.0. The summed E-state index contributed by atoms with van der Waals surface area (Å²) in [7, 11) is 1.72. The van der Waals surface area contributed by atoms with E-state index in [9.17, 15) is 9.90 Å². The predicted octanol–water partition coefficient (Wildman–Crippen LogP) is 1.84. The van der Waals surface area contributed by atoms with Crippen LogP contribution in [0.25, 0.3) is 0 Å². The van der Waals surface area contributed by atoms with E-state index < -0.39 is 6.10 Å². The van der Waals surface area contributed by atoms with Crippen molar-refractivity contribution in [1.29, 1.82) is 0 Å². The van der Waals surface area contributed by atoms with Crippen LogP contribution in [0.1, 0.15) is 24.5 Å². The quantitative estimate of drug-likeness (QED) is 0.819. The monoisotopic (exact) mass is 316 g/mol. The van der Waals surface area contributed by atoms with Gasteiger partial charge in [0.2, 0.25) is 0 Å². The lowest BCUT2D eigenvalue weighted by molar-refractivity contribution is 0.163. The van der Waals surface area contributed by atoms with E-state index in [2.05, 4.69) is 22.5 Å². The number of aliphatic hydroxyl groups is 1. The topological polar surface area (TPSA) is 70.4 Å². The molecule has 1 atom stereocenters. The van der Waals surface area contributed by atoms with Gasteiger partial charge in [0.1, 0.15) is 0 Å². The molecule has 1 aromatic heterocycles. The molecular weight excluding hydrogens is 292 g/mol. The van der Waals surface area contributed by atoms with Gasteiger partial charge in [-0.3, -0.25) is 4.68 Å². The zero-order valence-corrected chi connectivity index (χ0v) is 13.6. The Morgan fingerprint density at radius 1 is 1.35 bits per heavy atom. The third-order valence-corrected chi connectivity index (χ3v) is 3.55. The second-order valence-corrected chi connectivity index (χ2v) is 5.75. The molecule has 23 heavy (non-hydrogen) atoms. The summed E-state index contributed by atoms with van der Waals surface area (Å²) in [4.78, 5) is 13.5. The van der Waals surface area contributed by atoms with Gasteiger partial charge in [-0.2, -0.15) is 5.10 Å². The summed E-state index contributed by atoms with van der Waals surface area (Å²) in [6.07, 6.45) is 3.86. The highest BCUT2D eigenvalue weighted by Gasteiger charge is 2.09. The number of rotatable bonds is 7. The van der Waals surface area contributed by atoms with Crippen LogP contribution in [-0.2, 0) is 13.1 Å². The smallest absolute Gasteiger partial charge is 0.317 e. The summed E-state index contributed by atoms with van der Waals surface area (Å²) in [5.41, 5.74) is 2.14. The minimum atomic E-state index is -0.401. The van der Waals surface area contributed by atoms with E-state index in [0.717, 1.165) is 5.56 Å². The molecule has 6 nitrogen and oxygen atoms in total. The number of urea groups is 1. The van der Waals surface area contributed by atoms with Crippen LogP contribution < -0.4 is 5.32 Å². The summed E-state index contributed by atoms with van der Waals surface area (Å²) in [6.45, 7) is 3.39. The molecule has 0 aliphatic carbocycles. The number of benzene rings is 1. The van der Waals surface area contributed by atoms with Crippen LogP contribution in [-0.4, -0.2) is 45.5 Å². The van der Waals surface area contributed by atoms with E-state index in [-0.39, 0.29) is 6.03 Å². The molecule has 6 heteroatoms. The third kappa shape index (κ3) is 5.75. The van der Waals surface area contributed by atoms with Crippen molar-refractivity contribution < 1.29 is 9.90 Å². The molecule has 124 valence electrons. The highest BCUT2D eigenvalue weighted by Crippen LogP contribution is 2.04. The molecule has 0 saturated carbocycles. The van der Waals surface area contributed by atoms with Crippen molar-refractivity contribution in [3.8, 4) is 0 Å². The first-order valence-electron chi connectivity index (χ1n) is 7.77. The maximum atomic E-state index is 11.9. The average Bonchev–Trinajstić information content (AvgIpc) is 2.98. The van der Waals surface area contributed by atoms with E-state index in [1.54, 1.807) is 25.1 Å². The number of carbonyl (C=O) groups is 1. The Morgan fingerprint density at radius 3 is 2.78 bits per heavy atom. The Balaban J connectivity index is 1.79. The number of aliphatic hydroxyl groups excluding tert-OH is 1. The van der Waals surface area contributed by atoms with Crippen LogP contribution in [0.15, 0.2) is 42.7 Å². The molecule has 0 fully saturated rings.